The van der Waals surface area contributed by atoms with Crippen molar-refractivity contribution >= 4 is 15.9 Å². The van der Waals surface area contributed by atoms with Gasteiger partial charge in [-0.05, 0) is 43.6 Å². The molecule has 1 saturated heterocycles. The quantitative estimate of drug-likeness (QED) is 0.814. The van der Waals surface area contributed by atoms with Crippen molar-refractivity contribution in [2.24, 2.45) is 0 Å². The summed E-state index contributed by atoms with van der Waals surface area (Å²) in [6, 6.07) is 8.96. The molecule has 0 aliphatic carbocycles. The minimum Gasteiger partial charge on any atom is -0.374 e. The summed E-state index contributed by atoms with van der Waals surface area (Å²) in [6.07, 6.45) is 2.51. The van der Waals surface area contributed by atoms with Crippen LogP contribution < -0.4 is 5.32 Å². The van der Waals surface area contributed by atoms with Crippen LogP contribution in [0.15, 0.2) is 28.7 Å². The Hall–Kier alpha value is -0.420. The Labute approximate surface area is 137 Å². The van der Waals surface area contributed by atoms with Gasteiger partial charge in [-0.15, -0.1) is 0 Å². The lowest BCUT2D eigenvalue weighted by Gasteiger charge is -2.37. The molecule has 0 radical (unpaired) electrons. The lowest BCUT2D eigenvalue weighted by Crippen LogP contribution is -2.53. The monoisotopic (exact) mass is 354 g/mol. The third kappa shape index (κ3) is 5.37. The van der Waals surface area contributed by atoms with Gasteiger partial charge < -0.3 is 10.1 Å². The van der Waals surface area contributed by atoms with Gasteiger partial charge in [0.25, 0.3) is 0 Å². The van der Waals surface area contributed by atoms with Gasteiger partial charge in [0.2, 0.25) is 0 Å². The first-order chi connectivity index (χ1) is 10.2. The van der Waals surface area contributed by atoms with Crippen molar-refractivity contribution in [3.63, 3.8) is 0 Å². The van der Waals surface area contributed by atoms with Crippen LogP contribution in [0.2, 0.25) is 0 Å². The van der Waals surface area contributed by atoms with Crippen LogP contribution in [0.4, 0.5) is 0 Å². The van der Waals surface area contributed by atoms with Gasteiger partial charge in [-0.3, -0.25) is 4.90 Å². The smallest absolute Gasteiger partial charge is 0.0858 e. The van der Waals surface area contributed by atoms with Crippen LogP contribution in [0.1, 0.15) is 25.8 Å². The number of rotatable bonds is 7. The zero-order valence-electron chi connectivity index (χ0n) is 13.1. The molecule has 0 aromatic heterocycles. The van der Waals surface area contributed by atoms with Crippen LogP contribution in [0.25, 0.3) is 0 Å². The lowest BCUT2D eigenvalue weighted by molar-refractivity contribution is -0.0459. The first-order valence-electron chi connectivity index (χ1n) is 8.04. The third-order valence-electron chi connectivity index (χ3n) is 3.98. The molecule has 0 bridgehead atoms. The molecule has 1 aromatic rings. The standard InChI is InChI=1S/C17H27BrN2O/c1-3-8-20-9-10-21-17(13-20)16(19-4-2)12-14-6-5-7-15(18)11-14/h5-7,11,16-17,19H,3-4,8-10,12-13H2,1-2H3. The molecule has 2 atom stereocenters. The molecule has 0 saturated carbocycles. The number of nitrogens with zero attached hydrogens (tertiary/aromatic N) is 1. The Balaban J connectivity index is 2.00. The molecule has 21 heavy (non-hydrogen) atoms. The van der Waals surface area contributed by atoms with Crippen LogP contribution in [0.5, 0.6) is 0 Å². The number of ether oxygens (including phenoxy) is 1. The topological polar surface area (TPSA) is 24.5 Å². The molecule has 4 heteroatoms. The molecule has 1 aliphatic heterocycles. The van der Waals surface area contributed by atoms with E-state index in [1.165, 1.54) is 18.5 Å². The zero-order chi connectivity index (χ0) is 15.1. The Kier molecular flexibility index (Phi) is 7.17. The first kappa shape index (κ1) is 16.9. The second kappa shape index (κ2) is 8.89. The normalized spacial score (nSPS) is 21.4. The molecule has 118 valence electrons. The fourth-order valence-corrected chi connectivity index (χ4v) is 3.46. The summed E-state index contributed by atoms with van der Waals surface area (Å²) in [5, 5.41) is 3.62. The summed E-state index contributed by atoms with van der Waals surface area (Å²) in [5.41, 5.74) is 1.35. The molecule has 2 rings (SSSR count). The maximum atomic E-state index is 6.06. The highest BCUT2D eigenvalue weighted by Crippen LogP contribution is 2.17. The van der Waals surface area contributed by atoms with E-state index in [-0.39, 0.29) is 6.10 Å². The van der Waals surface area contributed by atoms with E-state index in [1.54, 1.807) is 0 Å². The lowest BCUT2D eigenvalue weighted by atomic mass is 10.00. The van der Waals surface area contributed by atoms with Crippen LogP contribution >= 0.6 is 15.9 Å². The van der Waals surface area contributed by atoms with Crippen molar-refractivity contribution in [3.05, 3.63) is 34.3 Å². The predicted molar refractivity (Wildman–Crippen MR) is 91.8 cm³/mol. The summed E-state index contributed by atoms with van der Waals surface area (Å²) in [5.74, 6) is 0. The van der Waals surface area contributed by atoms with Crippen LogP contribution in [-0.4, -0.2) is 49.8 Å². The highest BCUT2D eigenvalue weighted by molar-refractivity contribution is 9.10. The molecule has 1 N–H and O–H groups in total. The van der Waals surface area contributed by atoms with Crippen LogP contribution in [0, 0.1) is 0 Å². The third-order valence-corrected chi connectivity index (χ3v) is 4.47. The van der Waals surface area contributed by atoms with Gasteiger partial charge in [-0.25, -0.2) is 0 Å². The molecule has 3 nitrogen and oxygen atoms in total. The van der Waals surface area contributed by atoms with E-state index < -0.39 is 0 Å². The van der Waals surface area contributed by atoms with Crippen molar-refractivity contribution in [1.82, 2.24) is 10.2 Å². The van der Waals surface area contributed by atoms with E-state index in [1.807, 2.05) is 0 Å². The van der Waals surface area contributed by atoms with Gasteiger partial charge in [-0.2, -0.15) is 0 Å². The minimum absolute atomic E-state index is 0.282. The number of nitrogens with one attached hydrogen (secondary N) is 1. The number of hydrogen-bond acceptors (Lipinski definition) is 3. The molecule has 1 aromatic carbocycles. The minimum atomic E-state index is 0.282. The first-order valence-corrected chi connectivity index (χ1v) is 8.84. The van der Waals surface area contributed by atoms with E-state index in [0.29, 0.717) is 6.04 Å². The zero-order valence-corrected chi connectivity index (χ0v) is 14.7. The Morgan fingerprint density at radius 2 is 2.29 bits per heavy atom. The van der Waals surface area contributed by atoms with Gasteiger partial charge in [0.1, 0.15) is 0 Å². The number of likely N-dealkylation sites (N-methyl/N-ethyl adjacent to an activating group) is 1. The number of benzene rings is 1. The fourth-order valence-electron chi connectivity index (χ4n) is 3.01. The molecule has 0 amide bonds. The van der Waals surface area contributed by atoms with Gasteiger partial charge in [0, 0.05) is 23.6 Å². The van der Waals surface area contributed by atoms with E-state index in [2.05, 4.69) is 64.3 Å². The average Bonchev–Trinajstić information content (AvgIpc) is 2.47. The van der Waals surface area contributed by atoms with Crippen LogP contribution in [0.3, 0.4) is 0 Å². The van der Waals surface area contributed by atoms with Gasteiger partial charge in [0.15, 0.2) is 0 Å². The second-order valence-electron chi connectivity index (χ2n) is 5.71. The molecular weight excluding hydrogens is 328 g/mol. The Morgan fingerprint density at radius 1 is 1.43 bits per heavy atom. The van der Waals surface area contributed by atoms with Crippen molar-refractivity contribution < 1.29 is 4.74 Å². The number of morpholine rings is 1. The van der Waals surface area contributed by atoms with Gasteiger partial charge in [0.05, 0.1) is 12.7 Å². The van der Waals surface area contributed by atoms with Gasteiger partial charge in [-0.1, -0.05) is 41.9 Å². The number of hydrogen-bond donors (Lipinski definition) is 1. The molecular formula is C17H27BrN2O. The summed E-state index contributed by atoms with van der Waals surface area (Å²) < 4.78 is 7.20. The maximum Gasteiger partial charge on any atom is 0.0858 e. The second-order valence-corrected chi connectivity index (χ2v) is 6.62. The molecule has 0 spiro atoms. The molecule has 1 heterocycles. The summed E-state index contributed by atoms with van der Waals surface area (Å²) in [6.45, 7) is 9.53. The maximum absolute atomic E-state index is 6.06. The van der Waals surface area contributed by atoms with Gasteiger partial charge >= 0.3 is 0 Å². The van der Waals surface area contributed by atoms with Crippen LogP contribution in [-0.2, 0) is 11.2 Å². The van der Waals surface area contributed by atoms with Crippen molar-refractivity contribution in [3.8, 4) is 0 Å². The van der Waals surface area contributed by atoms with E-state index in [9.17, 15) is 0 Å². The Morgan fingerprint density at radius 3 is 3.00 bits per heavy atom. The average molecular weight is 355 g/mol. The summed E-state index contributed by atoms with van der Waals surface area (Å²) >= 11 is 3.56. The summed E-state index contributed by atoms with van der Waals surface area (Å²) in [7, 11) is 0. The number of halogens is 1. The largest absolute Gasteiger partial charge is 0.374 e. The molecule has 2 unspecified atom stereocenters. The Bertz CT molecular complexity index is 425. The molecule has 1 fully saturated rings. The SMILES string of the molecule is CCCN1CCOC(C(Cc2cccc(Br)c2)NCC)C1. The van der Waals surface area contributed by atoms with Crippen molar-refractivity contribution in [2.75, 3.05) is 32.8 Å². The van der Waals surface area contributed by atoms with Crippen molar-refractivity contribution in [2.45, 2.75) is 38.8 Å². The molecule has 1 aliphatic rings. The van der Waals surface area contributed by atoms with E-state index in [4.69, 9.17) is 4.74 Å². The highest BCUT2D eigenvalue weighted by atomic mass is 79.9. The fraction of sp³-hybridized carbons (Fsp3) is 0.647. The summed E-state index contributed by atoms with van der Waals surface area (Å²) in [4.78, 5) is 2.53. The predicted octanol–water partition coefficient (Wildman–Crippen LogP) is 3.08. The van der Waals surface area contributed by atoms with E-state index >= 15 is 0 Å². The van der Waals surface area contributed by atoms with Crippen molar-refractivity contribution in [1.29, 1.82) is 0 Å². The van der Waals surface area contributed by atoms with E-state index in [0.717, 1.165) is 37.1 Å². The highest BCUT2D eigenvalue weighted by Gasteiger charge is 2.27.